The molecule has 0 spiro atoms. The van der Waals surface area contributed by atoms with Gasteiger partial charge in [0.15, 0.2) is 16.3 Å². The number of pyridine rings is 1. The molecule has 0 fully saturated rings. The van der Waals surface area contributed by atoms with Gasteiger partial charge in [0.05, 0.1) is 11.3 Å². The number of aryl methyl sites for hydroxylation is 1. The lowest BCUT2D eigenvalue weighted by Gasteiger charge is -2.04. The first kappa shape index (κ1) is 16.7. The van der Waals surface area contributed by atoms with Crippen LogP contribution in [0.2, 0.25) is 0 Å². The maximum atomic E-state index is 13.3. The first-order valence-corrected chi connectivity index (χ1v) is 9.51. The van der Waals surface area contributed by atoms with Gasteiger partial charge in [0.1, 0.15) is 11.3 Å². The van der Waals surface area contributed by atoms with E-state index < -0.39 is 0 Å². The number of thiazole rings is 1. The van der Waals surface area contributed by atoms with Crippen LogP contribution in [0.25, 0.3) is 32.9 Å². The number of nitrogens with zero attached hydrogens (tertiary/aromatic N) is 6. The normalized spacial score (nSPS) is 11.5. The van der Waals surface area contributed by atoms with E-state index in [-0.39, 0.29) is 16.9 Å². The Labute approximate surface area is 161 Å². The molecule has 0 N–H and O–H groups in total. The third kappa shape index (κ3) is 2.43. The maximum absolute atomic E-state index is 13.3. The fourth-order valence-corrected chi connectivity index (χ4v) is 3.86. The predicted molar refractivity (Wildman–Crippen MR) is 104 cm³/mol. The quantitative estimate of drug-likeness (QED) is 0.471. The van der Waals surface area contributed by atoms with Crippen LogP contribution in [0, 0.1) is 5.82 Å². The molecule has 4 aromatic heterocycles. The summed E-state index contributed by atoms with van der Waals surface area (Å²) in [7, 11) is 0. The Balaban J connectivity index is 1.81. The number of fused-ring (bicyclic) bond motifs is 3. The summed E-state index contributed by atoms with van der Waals surface area (Å²) in [6.45, 7) is 1.99. The minimum Gasteiger partial charge on any atom is -0.266 e. The molecule has 4 heterocycles. The largest absolute Gasteiger partial charge is 0.286 e. The molecule has 9 heteroatoms. The molecule has 0 saturated heterocycles. The van der Waals surface area contributed by atoms with E-state index in [4.69, 9.17) is 0 Å². The molecule has 0 saturated carbocycles. The van der Waals surface area contributed by atoms with E-state index in [1.807, 2.05) is 6.92 Å². The Hall–Kier alpha value is -3.46. The average molecular weight is 392 g/mol. The fraction of sp³-hybridized carbons (Fsp3) is 0.105. The lowest BCUT2D eigenvalue weighted by molar-refractivity contribution is 0.628. The van der Waals surface area contributed by atoms with Crippen LogP contribution in [-0.2, 0) is 6.42 Å². The topological polar surface area (TPSA) is 78.0 Å². The second kappa shape index (κ2) is 6.31. The summed E-state index contributed by atoms with van der Waals surface area (Å²) in [4.78, 5) is 17.1. The molecule has 1 aromatic carbocycles. The van der Waals surface area contributed by atoms with Gasteiger partial charge in [0, 0.05) is 17.8 Å². The summed E-state index contributed by atoms with van der Waals surface area (Å²) in [5.74, 6) is -0.308. The molecular formula is C19H13FN6OS. The van der Waals surface area contributed by atoms with Gasteiger partial charge >= 0.3 is 0 Å². The molecule has 0 aliphatic heterocycles. The maximum Gasteiger partial charge on any atom is 0.286 e. The lowest BCUT2D eigenvalue weighted by atomic mass is 10.0. The van der Waals surface area contributed by atoms with E-state index in [2.05, 4.69) is 20.3 Å². The van der Waals surface area contributed by atoms with Gasteiger partial charge in [-0.15, -0.1) is 21.5 Å². The van der Waals surface area contributed by atoms with Gasteiger partial charge in [-0.1, -0.05) is 19.1 Å². The highest BCUT2D eigenvalue weighted by Crippen LogP contribution is 2.29. The lowest BCUT2D eigenvalue weighted by Crippen LogP contribution is -2.20. The van der Waals surface area contributed by atoms with Crippen molar-refractivity contribution in [1.82, 2.24) is 29.4 Å². The van der Waals surface area contributed by atoms with Crippen molar-refractivity contribution in [2.24, 2.45) is 0 Å². The second-order valence-corrected chi connectivity index (χ2v) is 7.03. The van der Waals surface area contributed by atoms with E-state index in [0.717, 1.165) is 16.8 Å². The van der Waals surface area contributed by atoms with E-state index >= 15 is 0 Å². The van der Waals surface area contributed by atoms with Crippen LogP contribution in [0.1, 0.15) is 12.6 Å². The molecule has 0 amide bonds. The van der Waals surface area contributed by atoms with Crippen molar-refractivity contribution in [2.45, 2.75) is 13.3 Å². The molecule has 0 aliphatic rings. The van der Waals surface area contributed by atoms with Gasteiger partial charge in [0.25, 0.3) is 5.56 Å². The predicted octanol–water partition coefficient (Wildman–Crippen LogP) is 3.25. The van der Waals surface area contributed by atoms with Gasteiger partial charge in [-0.25, -0.2) is 13.9 Å². The third-order valence-electron chi connectivity index (χ3n) is 4.55. The Morgan fingerprint density at radius 1 is 1.14 bits per heavy atom. The van der Waals surface area contributed by atoms with Crippen molar-refractivity contribution in [3.8, 4) is 16.3 Å². The van der Waals surface area contributed by atoms with Crippen LogP contribution in [0.4, 0.5) is 4.39 Å². The van der Waals surface area contributed by atoms with Gasteiger partial charge in [-0.05, 0) is 30.2 Å². The van der Waals surface area contributed by atoms with Crippen molar-refractivity contribution in [3.05, 3.63) is 70.0 Å². The summed E-state index contributed by atoms with van der Waals surface area (Å²) in [5, 5.41) is 15.5. The molecule has 7 nitrogen and oxygen atoms in total. The van der Waals surface area contributed by atoms with Crippen LogP contribution in [0.15, 0.2) is 52.9 Å². The Morgan fingerprint density at radius 3 is 2.68 bits per heavy atom. The summed E-state index contributed by atoms with van der Waals surface area (Å²) >= 11 is 1.36. The zero-order valence-corrected chi connectivity index (χ0v) is 15.5. The summed E-state index contributed by atoms with van der Waals surface area (Å²) < 4.78 is 16.4. The molecular weight excluding hydrogens is 379 g/mol. The molecule has 5 aromatic rings. The summed E-state index contributed by atoms with van der Waals surface area (Å²) in [6, 6.07) is 7.97. The summed E-state index contributed by atoms with van der Waals surface area (Å²) in [6.07, 6.45) is 3.96. The van der Waals surface area contributed by atoms with Crippen molar-refractivity contribution >= 4 is 28.0 Å². The van der Waals surface area contributed by atoms with Crippen LogP contribution < -0.4 is 5.56 Å². The second-order valence-electron chi connectivity index (χ2n) is 6.16. The van der Waals surface area contributed by atoms with Gasteiger partial charge < -0.3 is 0 Å². The van der Waals surface area contributed by atoms with Gasteiger partial charge in [-0.2, -0.15) is 5.10 Å². The van der Waals surface area contributed by atoms with Crippen molar-refractivity contribution < 1.29 is 4.39 Å². The van der Waals surface area contributed by atoms with E-state index in [9.17, 15) is 9.18 Å². The molecule has 138 valence electrons. The van der Waals surface area contributed by atoms with Crippen LogP contribution in [-0.4, -0.2) is 29.4 Å². The smallest absolute Gasteiger partial charge is 0.266 e. The van der Waals surface area contributed by atoms with E-state index in [1.165, 1.54) is 28.0 Å². The first-order valence-electron chi connectivity index (χ1n) is 8.63. The third-order valence-corrected chi connectivity index (χ3v) is 5.32. The standard InChI is InChI=1S/C19H13FN6OS/c1-2-13-15(11-3-5-12(20)6-4-11)17-23-22-16-14(26(17)24-13)7-9-25(18(16)27)19-21-8-10-28-19/h3-10H,2H2,1H3. The Bertz CT molecular complexity index is 1370. The van der Waals surface area contributed by atoms with Crippen LogP contribution in [0.3, 0.4) is 0 Å². The number of rotatable bonds is 3. The molecule has 0 atom stereocenters. The van der Waals surface area contributed by atoms with Crippen molar-refractivity contribution in [3.63, 3.8) is 0 Å². The Morgan fingerprint density at radius 2 is 1.96 bits per heavy atom. The number of halogens is 1. The van der Waals surface area contributed by atoms with Crippen LogP contribution in [0.5, 0.6) is 0 Å². The Kier molecular flexibility index (Phi) is 3.76. The number of hydrogen-bond acceptors (Lipinski definition) is 6. The van der Waals surface area contributed by atoms with Crippen molar-refractivity contribution in [2.75, 3.05) is 0 Å². The van der Waals surface area contributed by atoms with E-state index in [1.54, 1.807) is 40.5 Å². The molecule has 5 rings (SSSR count). The minimum absolute atomic E-state index is 0.209. The number of aromatic nitrogens is 6. The molecule has 28 heavy (non-hydrogen) atoms. The minimum atomic E-state index is -0.308. The van der Waals surface area contributed by atoms with Gasteiger partial charge in [0.2, 0.25) is 0 Å². The molecule has 0 aliphatic carbocycles. The highest BCUT2D eigenvalue weighted by Gasteiger charge is 2.19. The molecule has 0 bridgehead atoms. The monoisotopic (exact) mass is 392 g/mol. The van der Waals surface area contributed by atoms with Gasteiger partial charge in [-0.3, -0.25) is 9.36 Å². The highest BCUT2D eigenvalue weighted by atomic mass is 32.1. The molecule has 0 radical (unpaired) electrons. The highest BCUT2D eigenvalue weighted by molar-refractivity contribution is 7.12. The van der Waals surface area contributed by atoms with Crippen molar-refractivity contribution in [1.29, 1.82) is 0 Å². The zero-order chi connectivity index (χ0) is 19.3. The van der Waals surface area contributed by atoms with Crippen LogP contribution >= 0.6 is 11.3 Å². The average Bonchev–Trinajstić information content (AvgIpc) is 3.36. The first-order chi connectivity index (χ1) is 13.7. The zero-order valence-electron chi connectivity index (χ0n) is 14.7. The SMILES string of the molecule is CCc1nn2c(nnc3c(=O)n(-c4nccs4)ccc32)c1-c1ccc(F)cc1. The molecule has 0 unspecified atom stereocenters. The fourth-order valence-electron chi connectivity index (χ4n) is 3.24. The number of benzene rings is 1. The summed E-state index contributed by atoms with van der Waals surface area (Å²) in [5.41, 5.74) is 3.39. The number of hydrogen-bond donors (Lipinski definition) is 0. The van der Waals surface area contributed by atoms with E-state index in [0.29, 0.717) is 22.7 Å².